The van der Waals surface area contributed by atoms with Gasteiger partial charge in [-0.2, -0.15) is 0 Å². The summed E-state index contributed by atoms with van der Waals surface area (Å²) < 4.78 is 0. The van der Waals surface area contributed by atoms with Crippen LogP contribution >= 0.6 is 11.3 Å². The van der Waals surface area contributed by atoms with E-state index in [1.54, 1.807) is 0 Å². The van der Waals surface area contributed by atoms with E-state index in [-0.39, 0.29) is 12.0 Å². The summed E-state index contributed by atoms with van der Waals surface area (Å²) in [5.74, 6) is 0.0815. The smallest absolute Gasteiger partial charge is 0.286 e. The summed E-state index contributed by atoms with van der Waals surface area (Å²) in [6.45, 7) is 4.39. The molecule has 1 aliphatic rings. The molecule has 2 aromatic rings. The quantitative estimate of drug-likeness (QED) is 0.869. The van der Waals surface area contributed by atoms with E-state index in [2.05, 4.69) is 20.4 Å². The Bertz CT molecular complexity index is 674. The number of hydrogen-bond acceptors (Lipinski definition) is 6. The highest BCUT2D eigenvalue weighted by molar-refractivity contribution is 7.13. The number of anilines is 1. The Morgan fingerprint density at radius 3 is 2.96 bits per heavy atom. The number of amides is 1. The molecule has 0 spiro atoms. The van der Waals surface area contributed by atoms with E-state index in [1.165, 1.54) is 11.3 Å². The zero-order valence-corrected chi connectivity index (χ0v) is 14.5. The number of nitrogens with one attached hydrogen (secondary N) is 1. The van der Waals surface area contributed by atoms with Gasteiger partial charge in [-0.25, -0.2) is 0 Å². The van der Waals surface area contributed by atoms with Crippen molar-refractivity contribution in [2.45, 2.75) is 32.4 Å². The van der Waals surface area contributed by atoms with Gasteiger partial charge in [-0.1, -0.05) is 29.5 Å². The van der Waals surface area contributed by atoms with Crippen LogP contribution in [0.15, 0.2) is 30.3 Å². The van der Waals surface area contributed by atoms with E-state index in [4.69, 9.17) is 0 Å². The van der Waals surface area contributed by atoms with Gasteiger partial charge in [0.25, 0.3) is 5.91 Å². The summed E-state index contributed by atoms with van der Waals surface area (Å²) in [5.41, 5.74) is 0.745. The van der Waals surface area contributed by atoms with Gasteiger partial charge >= 0.3 is 0 Å². The molecule has 1 aromatic carbocycles. The molecule has 128 valence electrons. The number of carbonyl (C=O) groups is 1. The minimum absolute atomic E-state index is 0.231. The SMILES string of the molecule is C[C@@H](O)[C@H]1CCCN(Cc2nnc(C(=O)Nc3ccccc3)s2)C1. The van der Waals surface area contributed by atoms with Crippen molar-refractivity contribution in [3.05, 3.63) is 40.3 Å². The molecule has 7 heteroatoms. The Morgan fingerprint density at radius 1 is 1.42 bits per heavy atom. The fourth-order valence-corrected chi connectivity index (χ4v) is 3.71. The van der Waals surface area contributed by atoms with Crippen LogP contribution in [0.4, 0.5) is 5.69 Å². The van der Waals surface area contributed by atoms with Crippen LogP contribution in [-0.2, 0) is 6.54 Å². The molecule has 2 N–H and O–H groups in total. The average Bonchev–Trinajstić information content (AvgIpc) is 3.04. The highest BCUT2D eigenvalue weighted by Crippen LogP contribution is 2.22. The molecule has 0 unspecified atom stereocenters. The lowest BCUT2D eigenvalue weighted by Gasteiger charge is -2.33. The van der Waals surface area contributed by atoms with Gasteiger partial charge in [0.2, 0.25) is 5.01 Å². The number of carbonyl (C=O) groups excluding carboxylic acids is 1. The van der Waals surface area contributed by atoms with Crippen molar-refractivity contribution in [2.24, 2.45) is 5.92 Å². The Labute approximate surface area is 145 Å². The zero-order valence-electron chi connectivity index (χ0n) is 13.7. The Kier molecular flexibility index (Phi) is 5.55. The maximum absolute atomic E-state index is 12.2. The van der Waals surface area contributed by atoms with Crippen molar-refractivity contribution in [3.63, 3.8) is 0 Å². The third kappa shape index (κ3) is 4.37. The number of para-hydroxylation sites is 1. The third-order valence-electron chi connectivity index (χ3n) is 4.28. The standard InChI is InChI=1S/C17H22N4O2S/c1-12(22)13-6-5-9-21(10-13)11-15-19-20-17(24-15)16(23)18-14-7-3-2-4-8-14/h2-4,7-8,12-13,22H,5-6,9-11H2,1H3,(H,18,23)/t12-,13+/m1/s1. The first-order chi connectivity index (χ1) is 11.6. The Balaban J connectivity index is 1.58. The van der Waals surface area contributed by atoms with Crippen molar-refractivity contribution in [1.29, 1.82) is 0 Å². The van der Waals surface area contributed by atoms with Gasteiger partial charge in [0, 0.05) is 12.2 Å². The number of aromatic nitrogens is 2. The molecule has 0 radical (unpaired) electrons. The second-order valence-electron chi connectivity index (χ2n) is 6.20. The molecule has 1 aromatic heterocycles. The minimum Gasteiger partial charge on any atom is -0.393 e. The zero-order chi connectivity index (χ0) is 16.9. The van der Waals surface area contributed by atoms with Gasteiger partial charge < -0.3 is 10.4 Å². The third-order valence-corrected chi connectivity index (χ3v) is 5.18. The molecule has 1 saturated heterocycles. The van der Waals surface area contributed by atoms with Crippen molar-refractivity contribution >= 4 is 22.9 Å². The Morgan fingerprint density at radius 2 is 2.21 bits per heavy atom. The molecule has 3 rings (SSSR count). The summed E-state index contributed by atoms with van der Waals surface area (Å²) in [5, 5.41) is 22.0. The van der Waals surface area contributed by atoms with Gasteiger partial charge in [0.05, 0.1) is 12.6 Å². The number of piperidine rings is 1. The van der Waals surface area contributed by atoms with Crippen molar-refractivity contribution in [2.75, 3.05) is 18.4 Å². The van der Waals surface area contributed by atoms with Crippen LogP contribution in [0.1, 0.15) is 34.6 Å². The number of aliphatic hydroxyl groups is 1. The number of rotatable bonds is 5. The maximum Gasteiger partial charge on any atom is 0.286 e. The molecule has 1 aliphatic heterocycles. The second-order valence-corrected chi connectivity index (χ2v) is 7.26. The number of hydrogen-bond donors (Lipinski definition) is 2. The number of aliphatic hydroxyl groups excluding tert-OH is 1. The van der Waals surface area contributed by atoms with Gasteiger partial charge in [-0.3, -0.25) is 9.69 Å². The first-order valence-corrected chi connectivity index (χ1v) is 9.02. The fourth-order valence-electron chi connectivity index (χ4n) is 2.94. The van der Waals surface area contributed by atoms with E-state index in [0.29, 0.717) is 17.5 Å². The second kappa shape index (κ2) is 7.83. The molecular formula is C17H22N4O2S. The number of nitrogens with zero attached hydrogens (tertiary/aromatic N) is 3. The van der Waals surface area contributed by atoms with Crippen molar-refractivity contribution in [3.8, 4) is 0 Å². The summed E-state index contributed by atoms with van der Waals surface area (Å²) in [7, 11) is 0. The van der Waals surface area contributed by atoms with Crippen LogP contribution in [0, 0.1) is 5.92 Å². The van der Waals surface area contributed by atoms with E-state index in [9.17, 15) is 9.90 Å². The normalized spacial score (nSPS) is 19.8. The molecule has 0 bridgehead atoms. The summed E-state index contributed by atoms with van der Waals surface area (Å²) in [6.07, 6.45) is 1.86. The first-order valence-electron chi connectivity index (χ1n) is 8.21. The number of likely N-dealkylation sites (tertiary alicyclic amines) is 1. The molecule has 2 atom stereocenters. The summed E-state index contributed by atoms with van der Waals surface area (Å²) in [4.78, 5) is 14.5. The van der Waals surface area contributed by atoms with Crippen LogP contribution in [0.25, 0.3) is 0 Å². The fraction of sp³-hybridized carbons (Fsp3) is 0.471. The van der Waals surface area contributed by atoms with Gasteiger partial charge in [0.15, 0.2) is 0 Å². The minimum atomic E-state index is -0.283. The summed E-state index contributed by atoms with van der Waals surface area (Å²) in [6, 6.07) is 9.32. The highest BCUT2D eigenvalue weighted by Gasteiger charge is 2.24. The lowest BCUT2D eigenvalue weighted by atomic mass is 9.93. The molecule has 24 heavy (non-hydrogen) atoms. The first kappa shape index (κ1) is 17.0. The van der Waals surface area contributed by atoms with Gasteiger partial charge in [-0.05, 0) is 44.4 Å². The lowest BCUT2D eigenvalue weighted by molar-refractivity contribution is 0.0598. The predicted octanol–water partition coefficient (Wildman–Crippen LogP) is 2.38. The van der Waals surface area contributed by atoms with Crippen LogP contribution < -0.4 is 5.32 Å². The number of benzene rings is 1. The largest absolute Gasteiger partial charge is 0.393 e. The monoisotopic (exact) mass is 346 g/mol. The van der Waals surface area contributed by atoms with Gasteiger partial charge in [0.1, 0.15) is 5.01 Å². The van der Waals surface area contributed by atoms with Crippen molar-refractivity contribution < 1.29 is 9.90 Å². The predicted molar refractivity (Wildman–Crippen MR) is 94.0 cm³/mol. The topological polar surface area (TPSA) is 78.3 Å². The lowest BCUT2D eigenvalue weighted by Crippen LogP contribution is -2.38. The Hall–Kier alpha value is -1.83. The van der Waals surface area contributed by atoms with Crippen LogP contribution in [0.3, 0.4) is 0 Å². The van der Waals surface area contributed by atoms with Crippen LogP contribution in [0.5, 0.6) is 0 Å². The maximum atomic E-state index is 12.2. The molecule has 0 aliphatic carbocycles. The molecule has 1 fully saturated rings. The molecule has 0 saturated carbocycles. The highest BCUT2D eigenvalue weighted by atomic mass is 32.1. The molecule has 2 heterocycles. The molecule has 1 amide bonds. The molecular weight excluding hydrogens is 324 g/mol. The average molecular weight is 346 g/mol. The van der Waals surface area contributed by atoms with E-state index in [0.717, 1.165) is 36.6 Å². The van der Waals surface area contributed by atoms with E-state index in [1.807, 2.05) is 37.3 Å². The van der Waals surface area contributed by atoms with Gasteiger partial charge in [-0.15, -0.1) is 10.2 Å². The van der Waals surface area contributed by atoms with E-state index >= 15 is 0 Å². The van der Waals surface area contributed by atoms with Crippen LogP contribution in [-0.4, -0.2) is 45.3 Å². The van der Waals surface area contributed by atoms with Crippen LogP contribution in [0.2, 0.25) is 0 Å². The summed E-state index contributed by atoms with van der Waals surface area (Å²) >= 11 is 1.33. The molecule has 6 nitrogen and oxygen atoms in total. The van der Waals surface area contributed by atoms with E-state index < -0.39 is 0 Å². The van der Waals surface area contributed by atoms with Crippen molar-refractivity contribution in [1.82, 2.24) is 15.1 Å².